The molecule has 154 valence electrons. The Morgan fingerprint density at radius 1 is 1.13 bits per heavy atom. The third-order valence-electron chi connectivity index (χ3n) is 5.49. The minimum Gasteiger partial charge on any atom is -0.393 e. The third-order valence-corrected chi connectivity index (χ3v) is 6.64. The van der Waals surface area contributed by atoms with Gasteiger partial charge in [0.25, 0.3) is 0 Å². The fourth-order valence-electron chi connectivity index (χ4n) is 4.22. The van der Waals surface area contributed by atoms with Crippen molar-refractivity contribution < 1.29 is 5.11 Å². The second-order valence-corrected chi connectivity index (χ2v) is 9.18. The Labute approximate surface area is 180 Å². The fraction of sp³-hybridized carbons (Fsp3) is 0.250. The Kier molecular flexibility index (Phi) is 5.32. The lowest BCUT2D eigenvalue weighted by Crippen LogP contribution is -2.58. The summed E-state index contributed by atoms with van der Waals surface area (Å²) in [4.78, 5) is 5.95. The largest absolute Gasteiger partial charge is 0.393 e. The van der Waals surface area contributed by atoms with Crippen LogP contribution >= 0.6 is 11.3 Å². The molecule has 0 atom stereocenters. The van der Waals surface area contributed by atoms with Crippen molar-refractivity contribution in [2.75, 3.05) is 7.05 Å². The van der Waals surface area contributed by atoms with Crippen molar-refractivity contribution in [3.63, 3.8) is 0 Å². The van der Waals surface area contributed by atoms with Crippen LogP contribution in [-0.4, -0.2) is 29.0 Å². The maximum atomic E-state index is 10.1. The number of rotatable bonds is 6. The van der Waals surface area contributed by atoms with Crippen molar-refractivity contribution in [3.8, 4) is 21.7 Å². The maximum Gasteiger partial charge on any atom is 0.127 e. The van der Waals surface area contributed by atoms with E-state index in [1.165, 1.54) is 6.21 Å². The predicted octanol–water partition coefficient (Wildman–Crippen LogP) is 4.39. The molecule has 5 nitrogen and oxygen atoms in total. The van der Waals surface area contributed by atoms with E-state index >= 15 is 0 Å². The summed E-state index contributed by atoms with van der Waals surface area (Å²) < 4.78 is 0. The molecule has 1 aromatic heterocycles. The lowest BCUT2D eigenvalue weighted by Gasteiger charge is -2.49. The van der Waals surface area contributed by atoms with Crippen LogP contribution in [-0.2, 0) is 5.54 Å². The first kappa shape index (κ1) is 20.5. The van der Waals surface area contributed by atoms with Crippen LogP contribution in [0, 0.1) is 5.41 Å². The van der Waals surface area contributed by atoms with Gasteiger partial charge in [-0.15, -0.1) is 11.3 Å². The van der Waals surface area contributed by atoms with Crippen molar-refractivity contribution in [2.24, 2.45) is 5.73 Å². The molecule has 1 fully saturated rings. The van der Waals surface area contributed by atoms with Gasteiger partial charge < -0.3 is 21.6 Å². The summed E-state index contributed by atoms with van der Waals surface area (Å²) in [5.41, 5.74) is 10.1. The highest BCUT2D eigenvalue weighted by atomic mass is 32.1. The number of nitrogens with two attached hydrogens (primary N) is 1. The number of aliphatic hydroxyl groups is 1. The highest BCUT2D eigenvalue weighted by Crippen LogP contribution is 2.46. The molecule has 1 aliphatic rings. The lowest BCUT2D eigenvalue weighted by molar-refractivity contribution is -0.0738. The zero-order valence-corrected chi connectivity index (χ0v) is 18.0. The number of aromatic nitrogens is 1. The van der Waals surface area contributed by atoms with Crippen molar-refractivity contribution in [2.45, 2.75) is 30.9 Å². The van der Waals surface area contributed by atoms with Crippen molar-refractivity contribution >= 4 is 23.1 Å². The van der Waals surface area contributed by atoms with E-state index in [1.54, 1.807) is 17.5 Å². The molecule has 30 heavy (non-hydrogen) atoms. The summed E-state index contributed by atoms with van der Waals surface area (Å²) in [6.07, 6.45) is 4.23. The summed E-state index contributed by atoms with van der Waals surface area (Å²) in [6.45, 7) is 1.83. The molecule has 0 unspecified atom stereocenters. The minimum atomic E-state index is -0.680. The van der Waals surface area contributed by atoms with Crippen LogP contribution in [0.25, 0.3) is 27.3 Å². The van der Waals surface area contributed by atoms with Crippen LogP contribution in [0.5, 0.6) is 0 Å². The fourth-order valence-corrected chi connectivity index (χ4v) is 5.30. The number of allylic oxidation sites excluding steroid dienone is 1. The van der Waals surface area contributed by atoms with Gasteiger partial charge in [0.1, 0.15) is 5.01 Å². The average Bonchev–Trinajstić information content (AvgIpc) is 3.16. The Bertz CT molecular complexity index is 1080. The highest BCUT2D eigenvalue weighted by Gasteiger charge is 2.49. The molecule has 0 radical (unpaired) electrons. The Morgan fingerprint density at radius 2 is 1.80 bits per heavy atom. The van der Waals surface area contributed by atoms with E-state index in [1.807, 2.05) is 56.4 Å². The summed E-state index contributed by atoms with van der Waals surface area (Å²) in [5.74, 6) is 0. The molecule has 0 aliphatic heterocycles. The van der Waals surface area contributed by atoms with Gasteiger partial charge in [-0.25, -0.2) is 4.98 Å². The van der Waals surface area contributed by atoms with Crippen LogP contribution in [0.4, 0.5) is 0 Å². The highest BCUT2D eigenvalue weighted by molar-refractivity contribution is 7.17. The van der Waals surface area contributed by atoms with E-state index in [0.29, 0.717) is 12.8 Å². The molecular weight excluding hydrogens is 392 g/mol. The molecule has 5 N–H and O–H groups in total. The minimum absolute atomic E-state index is 0.472. The third kappa shape index (κ3) is 3.81. The number of hydrogen-bond acceptors (Lipinski definition) is 6. The quantitative estimate of drug-likeness (QED) is 0.447. The first-order valence-electron chi connectivity index (χ1n) is 9.92. The van der Waals surface area contributed by atoms with Gasteiger partial charge in [0.05, 0.1) is 16.2 Å². The first-order chi connectivity index (χ1) is 14.3. The standard InChI is InChI=1S/C24H26N4OS/c1-23(29)14-24(26,15-23)19-10-8-16(9-11-19)20-21(17-6-4-3-5-7-17)30-22(28-20)18(12-25)13-27-2/h3-13,25,27,29H,14-15,26H2,1-2H3/b18-13+,25-12?/t23-,24-. The molecule has 1 saturated carbocycles. The molecule has 0 saturated heterocycles. The molecule has 2 aromatic carbocycles. The number of hydrogen-bond donors (Lipinski definition) is 4. The topological polar surface area (TPSA) is 95.0 Å². The van der Waals surface area contributed by atoms with Crippen LogP contribution < -0.4 is 11.1 Å². The molecule has 0 spiro atoms. The summed E-state index contributed by atoms with van der Waals surface area (Å²) in [5, 5.41) is 21.6. The van der Waals surface area contributed by atoms with Crippen LogP contribution in [0.2, 0.25) is 0 Å². The van der Waals surface area contributed by atoms with Gasteiger partial charge in [-0.05, 0) is 30.9 Å². The van der Waals surface area contributed by atoms with E-state index in [0.717, 1.165) is 37.8 Å². The van der Waals surface area contributed by atoms with E-state index in [9.17, 15) is 5.11 Å². The van der Waals surface area contributed by atoms with Crippen molar-refractivity contribution in [3.05, 3.63) is 71.4 Å². The van der Waals surface area contributed by atoms with Gasteiger partial charge in [0.15, 0.2) is 0 Å². The van der Waals surface area contributed by atoms with Gasteiger partial charge >= 0.3 is 0 Å². The van der Waals surface area contributed by atoms with E-state index in [-0.39, 0.29) is 0 Å². The van der Waals surface area contributed by atoms with E-state index < -0.39 is 11.1 Å². The Hall–Kier alpha value is -2.80. The number of nitrogens with zero attached hydrogens (tertiary/aromatic N) is 1. The molecule has 4 rings (SSSR count). The van der Waals surface area contributed by atoms with Crippen LogP contribution in [0.15, 0.2) is 60.8 Å². The van der Waals surface area contributed by atoms with E-state index in [2.05, 4.69) is 17.4 Å². The zero-order valence-electron chi connectivity index (χ0n) is 17.1. The van der Waals surface area contributed by atoms with Crippen molar-refractivity contribution in [1.29, 1.82) is 5.41 Å². The second-order valence-electron chi connectivity index (χ2n) is 8.18. The molecule has 1 aliphatic carbocycles. The van der Waals surface area contributed by atoms with Gasteiger partial charge in [0, 0.05) is 36.1 Å². The number of nitrogens with one attached hydrogen (secondary N) is 2. The number of thiazole rings is 1. The summed E-state index contributed by atoms with van der Waals surface area (Å²) >= 11 is 1.58. The second kappa shape index (κ2) is 7.80. The van der Waals surface area contributed by atoms with Gasteiger partial charge in [0.2, 0.25) is 0 Å². The predicted molar refractivity (Wildman–Crippen MR) is 125 cm³/mol. The average molecular weight is 419 g/mol. The smallest absolute Gasteiger partial charge is 0.127 e. The zero-order chi connectivity index (χ0) is 21.4. The monoisotopic (exact) mass is 418 g/mol. The summed E-state index contributed by atoms with van der Waals surface area (Å²) in [6, 6.07) is 18.4. The van der Waals surface area contributed by atoms with Gasteiger partial charge in [-0.3, -0.25) is 0 Å². The van der Waals surface area contributed by atoms with Crippen molar-refractivity contribution in [1.82, 2.24) is 10.3 Å². The Morgan fingerprint density at radius 3 is 2.37 bits per heavy atom. The SMILES string of the molecule is CN/C=C(\C=N)c1nc(-c2ccc([C@]3(N)C[C@](C)(O)C3)cc2)c(-c2ccccc2)s1. The molecular formula is C24H26N4OS. The molecule has 0 amide bonds. The van der Waals surface area contributed by atoms with Crippen LogP contribution in [0.1, 0.15) is 30.3 Å². The van der Waals surface area contributed by atoms with Gasteiger partial charge in [-0.2, -0.15) is 0 Å². The molecule has 6 heteroatoms. The van der Waals surface area contributed by atoms with Crippen LogP contribution in [0.3, 0.4) is 0 Å². The summed E-state index contributed by atoms with van der Waals surface area (Å²) in [7, 11) is 1.81. The first-order valence-corrected chi connectivity index (χ1v) is 10.7. The van der Waals surface area contributed by atoms with Gasteiger partial charge in [-0.1, -0.05) is 54.6 Å². The molecule has 0 bridgehead atoms. The normalized spacial score (nSPS) is 23.7. The molecule has 3 aromatic rings. The Balaban J connectivity index is 1.75. The number of benzene rings is 2. The maximum absolute atomic E-state index is 10.1. The lowest BCUT2D eigenvalue weighted by atomic mass is 9.63. The van der Waals surface area contributed by atoms with E-state index in [4.69, 9.17) is 16.1 Å². The molecule has 1 heterocycles.